The van der Waals surface area contributed by atoms with Gasteiger partial charge in [0, 0.05) is 70.4 Å². The fourth-order valence-corrected chi connectivity index (χ4v) is 14.3. The zero-order valence-electron chi connectivity index (χ0n) is 39.2. The van der Waals surface area contributed by atoms with Crippen molar-refractivity contribution in [3.05, 3.63) is 130 Å². The van der Waals surface area contributed by atoms with E-state index in [1.54, 1.807) is 37.1 Å². The van der Waals surface area contributed by atoms with Crippen LogP contribution in [0.25, 0.3) is 0 Å². The van der Waals surface area contributed by atoms with E-state index in [4.69, 9.17) is 10.8 Å². The van der Waals surface area contributed by atoms with Crippen molar-refractivity contribution in [1.82, 2.24) is 40.0 Å². The SMILES string of the molecule is CC12Cc3[nH]nc(C(=O)Nc4cnn(C(c5ccccc5)C5CCS(=O)(=O)CC5)c4)c3CC1C2(F)F.CC12Cc3[nH]nc(C(=O)O)c3CC1C2(F)F.Nc1cnn(C(c2ccccc2)C2CCSCC2)c1. The van der Waals surface area contributed by atoms with E-state index in [0.717, 1.165) is 11.3 Å². The zero-order valence-corrected chi connectivity index (χ0v) is 40.8. The number of rotatable bonds is 9. The lowest BCUT2D eigenvalue weighted by Crippen LogP contribution is -2.30. The van der Waals surface area contributed by atoms with Gasteiger partial charge in [0.15, 0.2) is 11.4 Å². The number of anilines is 2. The Labute approximate surface area is 412 Å². The summed E-state index contributed by atoms with van der Waals surface area (Å²) < 4.78 is 83.2. The van der Waals surface area contributed by atoms with Gasteiger partial charge in [0.1, 0.15) is 9.84 Å². The van der Waals surface area contributed by atoms with Gasteiger partial charge in [0.2, 0.25) is 0 Å². The maximum atomic E-state index is 14.2. The third-order valence-corrected chi connectivity index (χ3v) is 18.9. The summed E-state index contributed by atoms with van der Waals surface area (Å²) in [5.41, 5.74) is 9.50. The van der Waals surface area contributed by atoms with E-state index < -0.39 is 56.2 Å². The molecule has 1 amide bonds. The van der Waals surface area contributed by atoms with Gasteiger partial charge in [-0.25, -0.2) is 30.8 Å². The lowest BCUT2D eigenvalue weighted by molar-refractivity contribution is 0.0626. The van der Waals surface area contributed by atoms with Crippen LogP contribution in [0.1, 0.15) is 106 Å². The highest BCUT2D eigenvalue weighted by atomic mass is 32.2. The standard InChI is InChI=1S/C25H27F2N5O3S.C15H19N3S.C10H10F2N2O2/c1-24-12-19-18(11-20(24)25(24,26)27)21(31-30-19)23(33)29-17-13-28-32(14-17)22(15-5-3-2-4-6-15)16-7-9-36(34,35)10-8-16;16-14-10-17-18(11-14)15(12-4-2-1-3-5-12)13-6-8-19-9-7-13;1-9-3-5-4(2-6(9)10(9,11)12)7(8(15)16)14-13-5/h2-6,13-14,16,20,22H,7-12H2,1H3,(H,29,33)(H,30,31);1-5,10-11,13,15H,6-9,16H2;6H,2-3H2,1H3,(H,13,14)(H,15,16). The molecule has 376 valence electrons. The van der Waals surface area contributed by atoms with Gasteiger partial charge in [0.25, 0.3) is 17.8 Å². The first-order chi connectivity index (χ1) is 33.8. The maximum absolute atomic E-state index is 14.2. The third kappa shape index (κ3) is 8.94. The van der Waals surface area contributed by atoms with Gasteiger partial charge < -0.3 is 16.2 Å². The molecule has 6 N–H and O–H groups in total. The number of nitrogens with zero attached hydrogens (tertiary/aromatic N) is 6. The Kier molecular flexibility index (Phi) is 12.5. The second-order valence-electron chi connectivity index (χ2n) is 20.4. The highest BCUT2D eigenvalue weighted by Gasteiger charge is 2.79. The van der Waals surface area contributed by atoms with Crippen LogP contribution in [-0.4, -0.2) is 100 Å². The number of nitrogen functional groups attached to an aromatic ring is 1. The molecule has 2 saturated carbocycles. The lowest BCUT2D eigenvalue weighted by atomic mass is 9.87. The summed E-state index contributed by atoms with van der Waals surface area (Å²) in [4.78, 5) is 23.9. The summed E-state index contributed by atoms with van der Waals surface area (Å²) in [5.74, 6) is -5.01. The molecule has 4 fully saturated rings. The number of carbonyl (C=O) groups is 2. The fourth-order valence-electron chi connectivity index (χ4n) is 11.7. The zero-order chi connectivity index (χ0) is 50.1. The van der Waals surface area contributed by atoms with Gasteiger partial charge in [-0.05, 0) is 73.0 Å². The number of hydrogen-bond acceptors (Lipinski definition) is 10. The van der Waals surface area contributed by atoms with Crippen LogP contribution in [0.15, 0.2) is 85.5 Å². The van der Waals surface area contributed by atoms with Crippen LogP contribution >= 0.6 is 11.8 Å². The number of aromatic nitrogens is 8. The smallest absolute Gasteiger partial charge is 0.356 e. The number of benzene rings is 2. The van der Waals surface area contributed by atoms with Gasteiger partial charge >= 0.3 is 5.97 Å². The van der Waals surface area contributed by atoms with Crippen molar-refractivity contribution in [2.45, 2.75) is 89.1 Å². The summed E-state index contributed by atoms with van der Waals surface area (Å²) in [5, 5.41) is 33.8. The summed E-state index contributed by atoms with van der Waals surface area (Å²) >= 11 is 2.06. The van der Waals surface area contributed by atoms with Crippen molar-refractivity contribution < 1.29 is 40.7 Å². The number of nitrogens with one attached hydrogen (secondary N) is 3. The predicted octanol–water partition coefficient (Wildman–Crippen LogP) is 8.32. The number of alkyl halides is 4. The Hall–Kier alpha value is -5.96. The molecule has 21 heteroatoms. The number of sulfone groups is 1. The molecule has 71 heavy (non-hydrogen) atoms. The number of carbonyl (C=O) groups excluding carboxylic acids is 1. The van der Waals surface area contributed by atoms with Gasteiger partial charge in [0.05, 0.1) is 47.4 Å². The number of thioether (sulfide) groups is 1. The third-order valence-electron chi connectivity index (χ3n) is 16.1. The maximum Gasteiger partial charge on any atom is 0.356 e. The fraction of sp³-hybridized carbons (Fsp3) is 0.480. The van der Waals surface area contributed by atoms with Gasteiger partial charge in [-0.1, -0.05) is 74.5 Å². The molecule has 6 aromatic rings. The Morgan fingerprint density at radius 2 is 1.23 bits per heavy atom. The molecule has 12 rings (SSSR count). The van der Waals surface area contributed by atoms with Crippen LogP contribution in [0.3, 0.4) is 0 Å². The number of aromatic carboxylic acids is 1. The minimum absolute atomic E-state index is 0.0762. The molecule has 6 heterocycles. The van der Waals surface area contributed by atoms with Gasteiger partial charge in [-0.3, -0.25) is 24.4 Å². The van der Waals surface area contributed by atoms with Crippen molar-refractivity contribution in [2.24, 2.45) is 34.5 Å². The molecular weight excluding hydrogens is 961 g/mol. The summed E-state index contributed by atoms with van der Waals surface area (Å²) in [6, 6.07) is 20.6. The van der Waals surface area contributed by atoms with Crippen molar-refractivity contribution in [2.75, 3.05) is 34.1 Å². The van der Waals surface area contributed by atoms with Gasteiger partial charge in [-0.15, -0.1) is 0 Å². The van der Waals surface area contributed by atoms with Crippen molar-refractivity contribution in [3.63, 3.8) is 0 Å². The minimum atomic E-state index is -3.01. The first-order valence-corrected chi connectivity index (χ1v) is 26.9. The van der Waals surface area contributed by atoms with Gasteiger partial charge in [-0.2, -0.15) is 32.2 Å². The average molecular weight is 1020 g/mol. The van der Waals surface area contributed by atoms with Crippen LogP contribution in [0.5, 0.6) is 0 Å². The first-order valence-electron chi connectivity index (χ1n) is 24.0. The van der Waals surface area contributed by atoms with E-state index in [2.05, 4.69) is 78.0 Å². The topological polar surface area (TPSA) is 220 Å². The highest BCUT2D eigenvalue weighted by Crippen LogP contribution is 2.71. The van der Waals surface area contributed by atoms with E-state index >= 15 is 0 Å². The highest BCUT2D eigenvalue weighted by molar-refractivity contribution is 7.99. The number of hydrogen-bond donors (Lipinski definition) is 5. The number of carboxylic acids is 1. The summed E-state index contributed by atoms with van der Waals surface area (Å²) in [6.07, 6.45) is 11.1. The number of fused-ring (bicyclic) bond motifs is 4. The van der Waals surface area contributed by atoms with Crippen LogP contribution in [0.4, 0.5) is 28.9 Å². The number of amides is 1. The summed E-state index contributed by atoms with van der Waals surface area (Å²) in [6.45, 7) is 3.13. The normalized spacial score (nSPS) is 26.3. The van der Waals surface area contributed by atoms with Crippen molar-refractivity contribution >= 4 is 44.9 Å². The molecule has 15 nitrogen and oxygen atoms in total. The second-order valence-corrected chi connectivity index (χ2v) is 23.9. The number of aromatic amines is 2. The molecule has 4 aromatic heterocycles. The Bertz CT molecular complexity index is 3030. The molecule has 0 radical (unpaired) electrons. The van der Waals surface area contributed by atoms with E-state index in [1.807, 2.05) is 41.2 Å². The number of carboxylic acid groups (broad SMARTS) is 1. The largest absolute Gasteiger partial charge is 0.476 e. The molecule has 0 bridgehead atoms. The molecule has 6 aliphatic rings. The van der Waals surface area contributed by atoms with E-state index in [1.165, 1.54) is 29.9 Å². The van der Waals surface area contributed by atoms with Crippen LogP contribution in [-0.2, 0) is 35.5 Å². The van der Waals surface area contributed by atoms with E-state index in [0.29, 0.717) is 53.0 Å². The molecule has 2 aromatic carbocycles. The van der Waals surface area contributed by atoms with Crippen LogP contribution < -0.4 is 11.1 Å². The monoisotopic (exact) mass is 1020 g/mol. The van der Waals surface area contributed by atoms with Crippen molar-refractivity contribution in [1.29, 1.82) is 0 Å². The number of H-pyrrole nitrogens is 2. The number of nitrogens with two attached hydrogens (primary N) is 1. The molecule has 6 atom stereocenters. The predicted molar refractivity (Wildman–Crippen MR) is 259 cm³/mol. The molecule has 0 spiro atoms. The molecule has 2 aliphatic heterocycles. The lowest BCUT2D eigenvalue weighted by Gasteiger charge is -2.30. The molecule has 6 unspecified atom stereocenters. The van der Waals surface area contributed by atoms with Crippen LogP contribution in [0, 0.1) is 34.5 Å². The van der Waals surface area contributed by atoms with E-state index in [-0.39, 0.29) is 60.5 Å². The Morgan fingerprint density at radius 1 is 0.746 bits per heavy atom. The molecule has 2 saturated heterocycles. The Balaban J connectivity index is 0.000000138. The number of halogens is 4. The van der Waals surface area contributed by atoms with E-state index in [9.17, 15) is 35.6 Å². The Morgan fingerprint density at radius 3 is 1.73 bits per heavy atom. The van der Waals surface area contributed by atoms with Crippen LogP contribution in [0.2, 0.25) is 0 Å². The van der Waals surface area contributed by atoms with Crippen molar-refractivity contribution in [3.8, 4) is 0 Å². The first kappa shape index (κ1) is 48.7. The molecule has 4 aliphatic carbocycles. The second kappa shape index (κ2) is 18.3. The molecular formula is C50H56F4N10O5S2. The average Bonchev–Trinajstić information content (AvgIpc) is 3.92. The minimum Gasteiger partial charge on any atom is -0.476 e. The quantitative estimate of drug-likeness (QED) is 0.0867. The summed E-state index contributed by atoms with van der Waals surface area (Å²) in [7, 11) is -3.01.